The molecule has 2 heterocycles. The smallest absolute Gasteiger partial charge is 0.246 e. The van der Waals surface area contributed by atoms with Gasteiger partial charge in [-0.1, -0.05) is 26.8 Å². The van der Waals surface area contributed by atoms with Crippen molar-refractivity contribution in [1.29, 1.82) is 0 Å². The van der Waals surface area contributed by atoms with Gasteiger partial charge >= 0.3 is 0 Å². The standard InChI is InChI=1S/C26H36N4O5S/c1-14(17-8-9-19(21(10-17)35-7)22-15(2)27-13-36-22)28-24(33)20-11-18(32)12-30(20)25(34)23(26(4,5)6)29-16(3)31/h8-10,13-14,18,20,23,32H,11-12H2,1-7H3,(H,28,33)(H,29,31)/t14-,18+,20-,23+/m0/s1. The first kappa shape index (κ1) is 27.6. The molecule has 1 aliphatic rings. The molecule has 3 N–H and O–H groups in total. The van der Waals surface area contributed by atoms with Crippen LogP contribution in [0.5, 0.6) is 5.75 Å². The Bertz CT molecular complexity index is 1130. The highest BCUT2D eigenvalue weighted by Gasteiger charge is 2.44. The summed E-state index contributed by atoms with van der Waals surface area (Å²) in [6.45, 7) is 10.7. The second-order valence-electron chi connectivity index (χ2n) is 10.4. The van der Waals surface area contributed by atoms with E-state index in [2.05, 4.69) is 15.6 Å². The van der Waals surface area contributed by atoms with Crippen LogP contribution in [-0.2, 0) is 14.4 Å². The minimum atomic E-state index is -0.838. The molecule has 1 aromatic carbocycles. The number of nitrogens with one attached hydrogen (secondary N) is 2. The van der Waals surface area contributed by atoms with E-state index in [9.17, 15) is 19.5 Å². The number of rotatable bonds is 7. The number of hydrogen-bond acceptors (Lipinski definition) is 7. The Morgan fingerprint density at radius 2 is 1.94 bits per heavy atom. The summed E-state index contributed by atoms with van der Waals surface area (Å²) in [6.07, 6.45) is -0.686. The lowest BCUT2D eigenvalue weighted by Crippen LogP contribution is -2.57. The van der Waals surface area contributed by atoms with Crippen LogP contribution in [-0.4, -0.2) is 64.6 Å². The normalized spacial score (nSPS) is 19.5. The molecular weight excluding hydrogens is 480 g/mol. The van der Waals surface area contributed by atoms with Crippen molar-refractivity contribution in [3.05, 3.63) is 35.0 Å². The van der Waals surface area contributed by atoms with E-state index in [-0.39, 0.29) is 36.7 Å². The summed E-state index contributed by atoms with van der Waals surface area (Å²) in [5, 5.41) is 16.0. The summed E-state index contributed by atoms with van der Waals surface area (Å²) in [5.41, 5.74) is 3.92. The number of β-amino-alcohol motifs (C(OH)–C–C–N with tert-alkyl or cyclic N) is 1. The Balaban J connectivity index is 1.79. The summed E-state index contributed by atoms with van der Waals surface area (Å²) in [4.78, 5) is 45.2. The van der Waals surface area contributed by atoms with Gasteiger partial charge in [-0.25, -0.2) is 4.98 Å². The highest BCUT2D eigenvalue weighted by molar-refractivity contribution is 7.13. The highest BCUT2D eigenvalue weighted by atomic mass is 32.1. The molecule has 3 rings (SSSR count). The fourth-order valence-corrected chi connectivity index (χ4v) is 5.28. The Labute approximate surface area is 216 Å². The lowest BCUT2D eigenvalue weighted by atomic mass is 9.85. The van der Waals surface area contributed by atoms with Gasteiger partial charge in [-0.3, -0.25) is 14.4 Å². The van der Waals surface area contributed by atoms with Crippen molar-refractivity contribution in [1.82, 2.24) is 20.5 Å². The van der Waals surface area contributed by atoms with Crippen molar-refractivity contribution in [2.45, 2.75) is 72.2 Å². The molecule has 10 heteroatoms. The molecule has 0 radical (unpaired) electrons. The lowest BCUT2D eigenvalue weighted by molar-refractivity contribution is -0.144. The van der Waals surface area contributed by atoms with Gasteiger partial charge in [0.15, 0.2) is 0 Å². The Morgan fingerprint density at radius 3 is 2.50 bits per heavy atom. The molecule has 0 unspecified atom stereocenters. The summed E-state index contributed by atoms with van der Waals surface area (Å²) >= 11 is 1.54. The van der Waals surface area contributed by atoms with Crippen molar-refractivity contribution >= 4 is 29.1 Å². The first-order valence-electron chi connectivity index (χ1n) is 12.0. The van der Waals surface area contributed by atoms with E-state index in [1.165, 1.54) is 23.2 Å². The zero-order valence-corrected chi connectivity index (χ0v) is 22.7. The highest BCUT2D eigenvalue weighted by Crippen LogP contribution is 2.36. The van der Waals surface area contributed by atoms with Crippen LogP contribution in [0.4, 0.5) is 0 Å². The molecule has 0 saturated carbocycles. The van der Waals surface area contributed by atoms with Crippen molar-refractivity contribution in [2.24, 2.45) is 5.41 Å². The van der Waals surface area contributed by atoms with Crippen molar-refractivity contribution < 1.29 is 24.2 Å². The van der Waals surface area contributed by atoms with Crippen LogP contribution in [0.25, 0.3) is 10.4 Å². The molecule has 0 bridgehead atoms. The Hall–Kier alpha value is -2.98. The zero-order chi connectivity index (χ0) is 26.8. The number of benzene rings is 1. The van der Waals surface area contributed by atoms with Gasteiger partial charge in [-0.05, 0) is 37.0 Å². The predicted molar refractivity (Wildman–Crippen MR) is 139 cm³/mol. The summed E-state index contributed by atoms with van der Waals surface area (Å²) in [7, 11) is 1.60. The van der Waals surface area contributed by atoms with Crippen molar-refractivity contribution in [3.8, 4) is 16.2 Å². The fraction of sp³-hybridized carbons (Fsp3) is 0.538. The average Bonchev–Trinajstić information content (AvgIpc) is 3.41. The van der Waals surface area contributed by atoms with E-state index < -0.39 is 23.6 Å². The van der Waals surface area contributed by atoms with Gasteiger partial charge in [0.2, 0.25) is 17.7 Å². The third-order valence-electron chi connectivity index (χ3n) is 6.40. The number of aromatic nitrogens is 1. The molecule has 1 aliphatic heterocycles. The maximum atomic E-state index is 13.4. The summed E-state index contributed by atoms with van der Waals surface area (Å²) < 4.78 is 5.62. The van der Waals surface area contributed by atoms with Crippen molar-refractivity contribution in [2.75, 3.05) is 13.7 Å². The molecule has 2 aromatic rings. The van der Waals surface area contributed by atoms with E-state index >= 15 is 0 Å². The second kappa shape index (κ2) is 11.0. The van der Waals surface area contributed by atoms with Gasteiger partial charge in [-0.2, -0.15) is 0 Å². The zero-order valence-electron chi connectivity index (χ0n) is 21.9. The third-order valence-corrected chi connectivity index (χ3v) is 7.36. The SMILES string of the molecule is COc1cc([C@H](C)NC(=O)[C@@H]2C[C@@H](O)CN2C(=O)[C@@H](NC(C)=O)C(C)(C)C)ccc1-c1scnc1C. The number of thiazole rings is 1. The largest absolute Gasteiger partial charge is 0.496 e. The number of carbonyl (C=O) groups excluding carboxylic acids is 3. The number of aliphatic hydroxyl groups is 1. The molecule has 9 nitrogen and oxygen atoms in total. The molecule has 196 valence electrons. The number of likely N-dealkylation sites (tertiary alicyclic amines) is 1. The quantitative estimate of drug-likeness (QED) is 0.520. The van der Waals surface area contributed by atoms with E-state index in [0.717, 1.165) is 21.7 Å². The number of carbonyl (C=O) groups is 3. The number of ether oxygens (including phenoxy) is 1. The molecule has 1 saturated heterocycles. The predicted octanol–water partition coefficient (Wildman–Crippen LogP) is 2.82. The van der Waals surface area contributed by atoms with Gasteiger partial charge < -0.3 is 25.4 Å². The van der Waals surface area contributed by atoms with Crippen LogP contribution in [0.2, 0.25) is 0 Å². The van der Waals surface area contributed by atoms with Crippen LogP contribution in [0.3, 0.4) is 0 Å². The van der Waals surface area contributed by atoms with E-state index in [1.807, 2.05) is 52.8 Å². The van der Waals surface area contributed by atoms with E-state index in [0.29, 0.717) is 5.75 Å². The number of aryl methyl sites for hydroxylation is 1. The molecule has 4 atom stereocenters. The third kappa shape index (κ3) is 6.04. The maximum Gasteiger partial charge on any atom is 0.246 e. The van der Waals surface area contributed by atoms with Crippen LogP contribution >= 0.6 is 11.3 Å². The minimum absolute atomic E-state index is 0.0359. The first-order chi connectivity index (χ1) is 16.8. The first-order valence-corrected chi connectivity index (χ1v) is 12.9. The Morgan fingerprint density at radius 1 is 1.25 bits per heavy atom. The lowest BCUT2D eigenvalue weighted by Gasteiger charge is -2.35. The molecule has 36 heavy (non-hydrogen) atoms. The van der Waals surface area contributed by atoms with E-state index in [1.54, 1.807) is 12.6 Å². The van der Waals surface area contributed by atoms with Crippen LogP contribution < -0.4 is 15.4 Å². The van der Waals surface area contributed by atoms with Gasteiger partial charge in [0.05, 0.1) is 35.3 Å². The molecule has 1 aromatic heterocycles. The second-order valence-corrected chi connectivity index (χ2v) is 11.2. The van der Waals surface area contributed by atoms with Gasteiger partial charge in [-0.15, -0.1) is 11.3 Å². The van der Waals surface area contributed by atoms with Gasteiger partial charge in [0, 0.05) is 25.5 Å². The summed E-state index contributed by atoms with van der Waals surface area (Å²) in [5.74, 6) is -0.391. The van der Waals surface area contributed by atoms with Gasteiger partial charge in [0.25, 0.3) is 0 Å². The van der Waals surface area contributed by atoms with Crippen molar-refractivity contribution in [3.63, 3.8) is 0 Å². The minimum Gasteiger partial charge on any atom is -0.496 e. The van der Waals surface area contributed by atoms with Gasteiger partial charge in [0.1, 0.15) is 17.8 Å². The van der Waals surface area contributed by atoms with Crippen LogP contribution in [0.1, 0.15) is 58.3 Å². The van der Waals surface area contributed by atoms with Crippen LogP contribution in [0, 0.1) is 12.3 Å². The number of amides is 3. The maximum absolute atomic E-state index is 13.4. The molecular formula is C26H36N4O5S. The number of hydrogen-bond donors (Lipinski definition) is 3. The molecule has 3 amide bonds. The molecule has 0 spiro atoms. The topological polar surface area (TPSA) is 121 Å². The molecule has 1 fully saturated rings. The van der Waals surface area contributed by atoms with Crippen LogP contribution in [0.15, 0.2) is 23.7 Å². The summed E-state index contributed by atoms with van der Waals surface area (Å²) in [6, 6.07) is 3.74. The van der Waals surface area contributed by atoms with E-state index in [4.69, 9.17) is 4.74 Å². The molecule has 0 aliphatic carbocycles. The fourth-order valence-electron chi connectivity index (χ4n) is 4.44. The average molecular weight is 517 g/mol. The number of nitrogens with zero attached hydrogens (tertiary/aromatic N) is 2. The monoisotopic (exact) mass is 516 g/mol. The Kier molecular flexibility index (Phi) is 8.40. The number of aliphatic hydroxyl groups excluding tert-OH is 1. The number of methoxy groups -OCH3 is 1.